The second kappa shape index (κ2) is 5.00. The quantitative estimate of drug-likeness (QED) is 0.812. The SMILES string of the molecule is C/C=C\c1c(CC)oc2cc(C)cc(B(O)O)c12. The van der Waals surface area contributed by atoms with Crippen molar-refractivity contribution >= 4 is 29.6 Å². The maximum absolute atomic E-state index is 9.51. The lowest BCUT2D eigenvalue weighted by Crippen LogP contribution is -2.30. The van der Waals surface area contributed by atoms with Gasteiger partial charge in [-0.2, -0.15) is 0 Å². The first-order chi connectivity index (χ1) is 8.58. The molecule has 0 fully saturated rings. The van der Waals surface area contributed by atoms with Crippen molar-refractivity contribution in [1.29, 1.82) is 0 Å². The summed E-state index contributed by atoms with van der Waals surface area (Å²) in [6.45, 7) is 5.86. The maximum Gasteiger partial charge on any atom is 0.489 e. The third-order valence-electron chi connectivity index (χ3n) is 3.01. The van der Waals surface area contributed by atoms with E-state index in [0.717, 1.165) is 28.7 Å². The molecule has 0 atom stereocenters. The zero-order valence-corrected chi connectivity index (χ0v) is 10.9. The first-order valence-corrected chi connectivity index (χ1v) is 6.13. The molecule has 0 bridgehead atoms. The Morgan fingerprint density at radius 2 is 2.06 bits per heavy atom. The molecule has 1 heterocycles. The highest BCUT2D eigenvalue weighted by molar-refractivity contribution is 6.62. The van der Waals surface area contributed by atoms with Crippen molar-refractivity contribution in [3.05, 3.63) is 35.1 Å². The minimum absolute atomic E-state index is 0.501. The van der Waals surface area contributed by atoms with Gasteiger partial charge < -0.3 is 14.5 Å². The minimum atomic E-state index is -1.49. The molecule has 4 heteroatoms. The number of allylic oxidation sites excluding steroid dienone is 1. The average molecular weight is 244 g/mol. The molecule has 0 amide bonds. The van der Waals surface area contributed by atoms with Crippen LogP contribution in [0.25, 0.3) is 17.0 Å². The van der Waals surface area contributed by atoms with E-state index in [2.05, 4.69) is 0 Å². The van der Waals surface area contributed by atoms with Crippen LogP contribution in [0.5, 0.6) is 0 Å². The molecule has 2 N–H and O–H groups in total. The fourth-order valence-electron chi connectivity index (χ4n) is 2.29. The van der Waals surface area contributed by atoms with Crippen molar-refractivity contribution in [2.45, 2.75) is 27.2 Å². The Morgan fingerprint density at radius 1 is 1.33 bits per heavy atom. The number of aryl methyl sites for hydroxylation is 2. The molecule has 94 valence electrons. The van der Waals surface area contributed by atoms with Crippen LogP contribution >= 0.6 is 0 Å². The van der Waals surface area contributed by atoms with Gasteiger partial charge >= 0.3 is 7.12 Å². The normalized spacial score (nSPS) is 11.6. The van der Waals surface area contributed by atoms with Gasteiger partial charge in [-0.05, 0) is 30.9 Å². The summed E-state index contributed by atoms with van der Waals surface area (Å²) in [7, 11) is -1.49. The molecule has 0 unspecified atom stereocenters. The van der Waals surface area contributed by atoms with Gasteiger partial charge in [-0.3, -0.25) is 0 Å². The lowest BCUT2D eigenvalue weighted by atomic mass is 9.76. The summed E-state index contributed by atoms with van der Waals surface area (Å²) < 4.78 is 5.80. The summed E-state index contributed by atoms with van der Waals surface area (Å²) in [5.41, 5.74) is 3.11. The van der Waals surface area contributed by atoms with E-state index in [1.807, 2.05) is 39.0 Å². The molecule has 0 saturated carbocycles. The van der Waals surface area contributed by atoms with E-state index in [4.69, 9.17) is 4.42 Å². The molecule has 0 saturated heterocycles. The molecule has 0 radical (unpaired) electrons. The summed E-state index contributed by atoms with van der Waals surface area (Å²) in [5.74, 6) is 0.871. The van der Waals surface area contributed by atoms with Gasteiger partial charge in [0, 0.05) is 17.4 Å². The van der Waals surface area contributed by atoms with Gasteiger partial charge in [0.1, 0.15) is 11.3 Å². The van der Waals surface area contributed by atoms with Gasteiger partial charge in [0.05, 0.1) is 0 Å². The van der Waals surface area contributed by atoms with E-state index in [-0.39, 0.29) is 0 Å². The zero-order chi connectivity index (χ0) is 13.3. The Hall–Kier alpha value is -1.52. The van der Waals surface area contributed by atoms with Crippen LogP contribution in [0.2, 0.25) is 0 Å². The van der Waals surface area contributed by atoms with Crippen molar-refractivity contribution in [3.63, 3.8) is 0 Å². The van der Waals surface area contributed by atoms with Crippen molar-refractivity contribution < 1.29 is 14.5 Å². The monoisotopic (exact) mass is 244 g/mol. The van der Waals surface area contributed by atoms with E-state index < -0.39 is 7.12 Å². The Bertz CT molecular complexity index is 597. The predicted molar refractivity (Wildman–Crippen MR) is 74.9 cm³/mol. The Labute approximate surface area is 107 Å². The van der Waals surface area contributed by atoms with Gasteiger partial charge in [-0.25, -0.2) is 0 Å². The zero-order valence-electron chi connectivity index (χ0n) is 10.9. The molecule has 3 nitrogen and oxygen atoms in total. The van der Waals surface area contributed by atoms with Crippen LogP contribution in [-0.2, 0) is 6.42 Å². The van der Waals surface area contributed by atoms with E-state index >= 15 is 0 Å². The summed E-state index contributed by atoms with van der Waals surface area (Å²) in [5, 5.41) is 19.8. The number of hydrogen-bond acceptors (Lipinski definition) is 3. The topological polar surface area (TPSA) is 53.6 Å². The van der Waals surface area contributed by atoms with Crippen LogP contribution in [-0.4, -0.2) is 17.2 Å². The number of furan rings is 1. The van der Waals surface area contributed by atoms with Crippen LogP contribution in [0.4, 0.5) is 0 Å². The summed E-state index contributed by atoms with van der Waals surface area (Å²) in [4.78, 5) is 0. The van der Waals surface area contributed by atoms with Crippen molar-refractivity contribution in [2.24, 2.45) is 0 Å². The van der Waals surface area contributed by atoms with Crippen LogP contribution < -0.4 is 5.46 Å². The molecule has 0 aliphatic carbocycles. The van der Waals surface area contributed by atoms with Gasteiger partial charge in [0.15, 0.2) is 0 Å². The third-order valence-corrected chi connectivity index (χ3v) is 3.01. The second-order valence-corrected chi connectivity index (χ2v) is 4.39. The van der Waals surface area contributed by atoms with Crippen molar-refractivity contribution in [1.82, 2.24) is 0 Å². The molecule has 1 aromatic heterocycles. The highest BCUT2D eigenvalue weighted by Crippen LogP contribution is 2.27. The van der Waals surface area contributed by atoms with E-state index in [9.17, 15) is 10.0 Å². The molecule has 2 aromatic rings. The first-order valence-electron chi connectivity index (χ1n) is 6.13. The van der Waals surface area contributed by atoms with Crippen molar-refractivity contribution in [2.75, 3.05) is 0 Å². The fraction of sp³-hybridized carbons (Fsp3) is 0.286. The highest BCUT2D eigenvalue weighted by atomic mass is 16.4. The van der Waals surface area contributed by atoms with E-state index in [1.165, 1.54) is 0 Å². The molecular weight excluding hydrogens is 227 g/mol. The third kappa shape index (κ3) is 2.09. The lowest BCUT2D eigenvalue weighted by molar-refractivity contribution is 0.426. The number of benzene rings is 1. The smallest absolute Gasteiger partial charge is 0.460 e. The molecule has 0 aliphatic rings. The molecule has 0 spiro atoms. The first kappa shape index (κ1) is 12.9. The number of rotatable bonds is 3. The highest BCUT2D eigenvalue weighted by Gasteiger charge is 2.21. The second-order valence-electron chi connectivity index (χ2n) is 4.39. The lowest BCUT2D eigenvalue weighted by Gasteiger charge is -2.04. The average Bonchev–Trinajstić information content (AvgIpc) is 2.66. The maximum atomic E-state index is 9.51. The van der Waals surface area contributed by atoms with Crippen LogP contribution in [0.15, 0.2) is 22.6 Å². The molecule has 18 heavy (non-hydrogen) atoms. The van der Waals surface area contributed by atoms with Gasteiger partial charge in [0.2, 0.25) is 0 Å². The van der Waals surface area contributed by atoms with Gasteiger partial charge in [-0.15, -0.1) is 0 Å². The predicted octanol–water partition coefficient (Wildman–Crippen LogP) is 2.02. The number of fused-ring (bicyclic) bond motifs is 1. The summed E-state index contributed by atoms with van der Waals surface area (Å²) >= 11 is 0. The van der Waals surface area contributed by atoms with Gasteiger partial charge in [-0.1, -0.05) is 25.1 Å². The Kier molecular flexibility index (Phi) is 3.59. The van der Waals surface area contributed by atoms with E-state index in [1.54, 1.807) is 6.07 Å². The summed E-state index contributed by atoms with van der Waals surface area (Å²) in [6.07, 6.45) is 4.65. The van der Waals surface area contributed by atoms with Gasteiger partial charge in [0.25, 0.3) is 0 Å². The largest absolute Gasteiger partial charge is 0.489 e. The van der Waals surface area contributed by atoms with E-state index in [0.29, 0.717) is 11.0 Å². The van der Waals surface area contributed by atoms with Crippen LogP contribution in [0.1, 0.15) is 30.7 Å². The minimum Gasteiger partial charge on any atom is -0.460 e. The van der Waals surface area contributed by atoms with Crippen LogP contribution in [0.3, 0.4) is 0 Å². The fourth-order valence-corrected chi connectivity index (χ4v) is 2.29. The molecule has 2 rings (SSSR count). The summed E-state index contributed by atoms with van der Waals surface area (Å²) in [6, 6.07) is 3.71. The number of hydrogen-bond donors (Lipinski definition) is 2. The molecule has 1 aromatic carbocycles. The Balaban J connectivity index is 2.86. The van der Waals surface area contributed by atoms with Crippen molar-refractivity contribution in [3.8, 4) is 0 Å². The Morgan fingerprint density at radius 3 is 2.61 bits per heavy atom. The molecular formula is C14H17BO3. The van der Waals surface area contributed by atoms with Crippen LogP contribution in [0, 0.1) is 6.92 Å². The standard InChI is InChI=1S/C14H17BO3/c1-4-6-10-12(5-2)18-13-8-9(3)7-11(14(10)13)15(16)17/h4,6-8,16-17H,5H2,1-3H3/b6-4-. The molecule has 0 aliphatic heterocycles.